The summed E-state index contributed by atoms with van der Waals surface area (Å²) in [4.78, 5) is 1.34. The molecule has 0 fully saturated rings. The third-order valence-corrected chi connectivity index (χ3v) is 4.01. The second-order valence-electron chi connectivity index (χ2n) is 4.48. The third kappa shape index (κ3) is 3.13. The fourth-order valence-electron chi connectivity index (χ4n) is 2.11. The minimum atomic E-state index is 1.06. The van der Waals surface area contributed by atoms with Crippen molar-refractivity contribution in [2.45, 2.75) is 31.4 Å². The van der Waals surface area contributed by atoms with E-state index < -0.39 is 0 Å². The van der Waals surface area contributed by atoms with Crippen LogP contribution in [0.2, 0.25) is 0 Å². The van der Waals surface area contributed by atoms with Crippen molar-refractivity contribution in [2.24, 2.45) is 0 Å². The first kappa shape index (κ1) is 12.3. The molecule has 2 aromatic rings. The largest absolute Gasteiger partial charge is 0.121 e. The standard InChI is InChI=1S/C16H18S/c1-12-9-13(2)16(14(3)10-12)11-17-15-7-5-4-6-8-15/h4-10H,11H2,1-3H3. The van der Waals surface area contributed by atoms with E-state index >= 15 is 0 Å². The SMILES string of the molecule is Cc1cc(C)c(CSc2ccccc2)c(C)c1. The number of rotatable bonds is 3. The van der Waals surface area contributed by atoms with Crippen LogP contribution in [0.5, 0.6) is 0 Å². The van der Waals surface area contributed by atoms with E-state index in [0.717, 1.165) is 5.75 Å². The van der Waals surface area contributed by atoms with Gasteiger partial charge in [0.2, 0.25) is 0 Å². The molecular formula is C16H18S. The molecule has 0 aliphatic heterocycles. The van der Waals surface area contributed by atoms with Crippen molar-refractivity contribution in [3.63, 3.8) is 0 Å². The number of aryl methyl sites for hydroxylation is 3. The van der Waals surface area contributed by atoms with Gasteiger partial charge in [0.15, 0.2) is 0 Å². The molecule has 0 aliphatic carbocycles. The van der Waals surface area contributed by atoms with Gasteiger partial charge in [0.05, 0.1) is 0 Å². The molecular weight excluding hydrogens is 224 g/mol. The van der Waals surface area contributed by atoms with Crippen LogP contribution in [0.25, 0.3) is 0 Å². The van der Waals surface area contributed by atoms with Crippen LogP contribution >= 0.6 is 11.8 Å². The Kier molecular flexibility index (Phi) is 3.90. The molecule has 2 aromatic carbocycles. The fraction of sp³-hybridized carbons (Fsp3) is 0.250. The Morgan fingerprint density at radius 3 is 2.06 bits per heavy atom. The summed E-state index contributed by atoms with van der Waals surface area (Å²) in [5.41, 5.74) is 5.65. The molecule has 0 atom stereocenters. The van der Waals surface area contributed by atoms with Gasteiger partial charge in [-0.25, -0.2) is 0 Å². The molecule has 0 bridgehead atoms. The van der Waals surface area contributed by atoms with Crippen LogP contribution < -0.4 is 0 Å². The average Bonchev–Trinajstić information content (AvgIpc) is 2.29. The minimum absolute atomic E-state index is 1.06. The first-order chi connectivity index (χ1) is 8.16. The third-order valence-electron chi connectivity index (χ3n) is 2.97. The maximum atomic E-state index is 2.27. The highest BCUT2D eigenvalue weighted by molar-refractivity contribution is 7.98. The highest BCUT2D eigenvalue weighted by atomic mass is 32.2. The van der Waals surface area contributed by atoms with Gasteiger partial charge in [-0.2, -0.15) is 0 Å². The first-order valence-corrected chi connectivity index (χ1v) is 6.90. The Morgan fingerprint density at radius 2 is 1.47 bits per heavy atom. The number of benzene rings is 2. The van der Waals surface area contributed by atoms with Gasteiger partial charge in [0, 0.05) is 10.6 Å². The van der Waals surface area contributed by atoms with Crippen LogP contribution in [-0.4, -0.2) is 0 Å². The molecule has 0 amide bonds. The van der Waals surface area contributed by atoms with Gasteiger partial charge >= 0.3 is 0 Å². The molecule has 0 aromatic heterocycles. The van der Waals surface area contributed by atoms with Crippen LogP contribution in [0.1, 0.15) is 22.3 Å². The summed E-state index contributed by atoms with van der Waals surface area (Å²) in [6.07, 6.45) is 0. The summed E-state index contributed by atoms with van der Waals surface area (Å²) in [5, 5.41) is 0. The zero-order valence-electron chi connectivity index (χ0n) is 10.7. The Morgan fingerprint density at radius 1 is 0.882 bits per heavy atom. The zero-order valence-corrected chi connectivity index (χ0v) is 11.5. The van der Waals surface area contributed by atoms with E-state index in [0.29, 0.717) is 0 Å². The first-order valence-electron chi connectivity index (χ1n) is 5.91. The second-order valence-corrected chi connectivity index (χ2v) is 5.53. The van der Waals surface area contributed by atoms with E-state index in [1.54, 1.807) is 0 Å². The summed E-state index contributed by atoms with van der Waals surface area (Å²) in [5.74, 6) is 1.06. The Bertz CT molecular complexity index is 477. The topological polar surface area (TPSA) is 0 Å². The Balaban J connectivity index is 2.15. The highest BCUT2D eigenvalue weighted by Gasteiger charge is 2.04. The zero-order chi connectivity index (χ0) is 12.3. The lowest BCUT2D eigenvalue weighted by molar-refractivity contribution is 1.21. The Labute approximate surface area is 108 Å². The van der Waals surface area contributed by atoms with Crippen molar-refractivity contribution in [2.75, 3.05) is 0 Å². The van der Waals surface area contributed by atoms with Crippen molar-refractivity contribution in [1.29, 1.82) is 0 Å². The normalized spacial score (nSPS) is 10.5. The summed E-state index contributed by atoms with van der Waals surface area (Å²) < 4.78 is 0. The summed E-state index contributed by atoms with van der Waals surface area (Å²) >= 11 is 1.91. The molecule has 0 unspecified atom stereocenters. The molecule has 17 heavy (non-hydrogen) atoms. The van der Waals surface area contributed by atoms with Crippen LogP contribution in [0.4, 0.5) is 0 Å². The van der Waals surface area contributed by atoms with E-state index in [2.05, 4.69) is 63.2 Å². The van der Waals surface area contributed by atoms with Gasteiger partial charge in [0.1, 0.15) is 0 Å². The minimum Gasteiger partial charge on any atom is -0.121 e. The molecule has 0 heterocycles. The van der Waals surface area contributed by atoms with Gasteiger partial charge < -0.3 is 0 Å². The summed E-state index contributed by atoms with van der Waals surface area (Å²) in [6, 6.07) is 15.1. The maximum Gasteiger partial charge on any atom is 0.0237 e. The van der Waals surface area contributed by atoms with Crippen LogP contribution in [0.15, 0.2) is 47.4 Å². The molecule has 0 radical (unpaired) electrons. The van der Waals surface area contributed by atoms with Crippen molar-refractivity contribution < 1.29 is 0 Å². The van der Waals surface area contributed by atoms with Crippen LogP contribution in [0.3, 0.4) is 0 Å². The molecule has 0 saturated heterocycles. The molecule has 2 rings (SSSR count). The summed E-state index contributed by atoms with van der Waals surface area (Å²) in [6.45, 7) is 6.58. The van der Waals surface area contributed by atoms with Crippen LogP contribution in [-0.2, 0) is 5.75 Å². The molecule has 88 valence electrons. The molecule has 0 N–H and O–H groups in total. The predicted molar refractivity (Wildman–Crippen MR) is 76.7 cm³/mol. The van der Waals surface area contributed by atoms with E-state index in [9.17, 15) is 0 Å². The molecule has 1 heteroatoms. The van der Waals surface area contributed by atoms with Crippen molar-refractivity contribution in [3.8, 4) is 0 Å². The second kappa shape index (κ2) is 5.42. The lowest BCUT2D eigenvalue weighted by Crippen LogP contribution is -1.92. The van der Waals surface area contributed by atoms with Gasteiger partial charge in [-0.1, -0.05) is 35.9 Å². The quantitative estimate of drug-likeness (QED) is 0.689. The van der Waals surface area contributed by atoms with Gasteiger partial charge in [0.25, 0.3) is 0 Å². The van der Waals surface area contributed by atoms with Crippen LogP contribution in [0, 0.1) is 20.8 Å². The van der Waals surface area contributed by atoms with E-state index in [4.69, 9.17) is 0 Å². The molecule has 0 saturated carbocycles. The molecule has 0 nitrogen and oxygen atoms in total. The van der Waals surface area contributed by atoms with Gasteiger partial charge in [-0.15, -0.1) is 11.8 Å². The predicted octanol–water partition coefficient (Wildman–Crippen LogP) is 4.90. The molecule has 0 aliphatic rings. The van der Waals surface area contributed by atoms with Gasteiger partial charge in [-0.05, 0) is 49.6 Å². The smallest absolute Gasteiger partial charge is 0.0237 e. The number of hydrogen-bond acceptors (Lipinski definition) is 1. The lowest BCUT2D eigenvalue weighted by Gasteiger charge is -2.11. The summed E-state index contributed by atoms with van der Waals surface area (Å²) in [7, 11) is 0. The van der Waals surface area contributed by atoms with Crippen molar-refractivity contribution >= 4 is 11.8 Å². The number of thioether (sulfide) groups is 1. The number of hydrogen-bond donors (Lipinski definition) is 0. The van der Waals surface area contributed by atoms with E-state index in [-0.39, 0.29) is 0 Å². The van der Waals surface area contributed by atoms with E-state index in [1.165, 1.54) is 27.1 Å². The fourth-order valence-corrected chi connectivity index (χ4v) is 3.23. The van der Waals surface area contributed by atoms with Crippen molar-refractivity contribution in [1.82, 2.24) is 0 Å². The monoisotopic (exact) mass is 242 g/mol. The Hall–Kier alpha value is -1.21. The average molecular weight is 242 g/mol. The highest BCUT2D eigenvalue weighted by Crippen LogP contribution is 2.26. The maximum absolute atomic E-state index is 2.27. The van der Waals surface area contributed by atoms with Gasteiger partial charge in [-0.3, -0.25) is 0 Å². The van der Waals surface area contributed by atoms with Crippen molar-refractivity contribution in [3.05, 3.63) is 64.7 Å². The van der Waals surface area contributed by atoms with E-state index in [1.807, 2.05) is 11.8 Å². The molecule has 0 spiro atoms. The lowest BCUT2D eigenvalue weighted by atomic mass is 10.0.